The summed E-state index contributed by atoms with van der Waals surface area (Å²) >= 11 is 5.84. The number of hydrogen-bond acceptors (Lipinski definition) is 3. The number of anilines is 1. The van der Waals surface area contributed by atoms with E-state index in [1.54, 1.807) is 10.6 Å². The van der Waals surface area contributed by atoms with Gasteiger partial charge in [0, 0.05) is 18.0 Å². The molecule has 0 aliphatic rings. The lowest BCUT2D eigenvalue weighted by Crippen LogP contribution is -1.96. The molecule has 0 aliphatic heterocycles. The maximum Gasteiger partial charge on any atom is 0.180 e. The topological polar surface area (TPSA) is 56.2 Å². The molecule has 84 valence electrons. The van der Waals surface area contributed by atoms with Crippen LogP contribution in [-0.4, -0.2) is 14.4 Å². The van der Waals surface area contributed by atoms with Gasteiger partial charge in [0.15, 0.2) is 11.5 Å². The molecule has 3 rings (SSSR count). The third-order valence-corrected chi connectivity index (χ3v) is 2.69. The molecule has 5 heteroatoms. The molecule has 0 atom stereocenters. The van der Waals surface area contributed by atoms with E-state index in [4.69, 9.17) is 17.3 Å². The van der Waals surface area contributed by atoms with Crippen LogP contribution in [0.1, 0.15) is 0 Å². The molecule has 0 spiro atoms. The molecule has 0 fully saturated rings. The van der Waals surface area contributed by atoms with Gasteiger partial charge in [-0.05, 0) is 0 Å². The number of benzene rings is 1. The standard InChI is InChI=1S/C12H9ClN4/c13-10-7-17-6-9(8-4-2-1-3-5-8)15-12(17)11(14)16-10/h1-7H,(H2,14,16). The number of nitrogen functional groups attached to an aromatic ring is 1. The molecule has 2 N–H and O–H groups in total. The highest BCUT2D eigenvalue weighted by molar-refractivity contribution is 6.29. The van der Waals surface area contributed by atoms with Gasteiger partial charge in [-0.15, -0.1) is 0 Å². The van der Waals surface area contributed by atoms with Crippen molar-refractivity contribution in [2.75, 3.05) is 5.73 Å². The molecule has 2 heterocycles. The zero-order valence-corrected chi connectivity index (χ0v) is 9.59. The van der Waals surface area contributed by atoms with E-state index >= 15 is 0 Å². The number of imidazole rings is 1. The molecule has 0 bridgehead atoms. The summed E-state index contributed by atoms with van der Waals surface area (Å²) in [4.78, 5) is 8.41. The largest absolute Gasteiger partial charge is 0.381 e. The van der Waals surface area contributed by atoms with E-state index in [2.05, 4.69) is 9.97 Å². The third-order valence-electron chi connectivity index (χ3n) is 2.50. The Bertz CT molecular complexity index is 676. The first-order valence-electron chi connectivity index (χ1n) is 5.10. The van der Waals surface area contributed by atoms with Gasteiger partial charge < -0.3 is 10.1 Å². The minimum atomic E-state index is 0.333. The quantitative estimate of drug-likeness (QED) is 0.716. The van der Waals surface area contributed by atoms with E-state index in [-0.39, 0.29) is 0 Å². The molecular weight excluding hydrogens is 236 g/mol. The first-order valence-corrected chi connectivity index (χ1v) is 5.48. The van der Waals surface area contributed by atoms with Crippen LogP contribution in [0.5, 0.6) is 0 Å². The van der Waals surface area contributed by atoms with Crippen molar-refractivity contribution in [1.82, 2.24) is 14.4 Å². The normalized spacial score (nSPS) is 10.9. The highest BCUT2D eigenvalue weighted by Crippen LogP contribution is 2.21. The lowest BCUT2D eigenvalue weighted by molar-refractivity contribution is 1.13. The Balaban J connectivity index is 2.24. The number of aromatic nitrogens is 3. The number of nitrogens with two attached hydrogens (primary N) is 1. The summed E-state index contributed by atoms with van der Waals surface area (Å²) < 4.78 is 1.78. The van der Waals surface area contributed by atoms with E-state index in [0.29, 0.717) is 16.6 Å². The zero-order chi connectivity index (χ0) is 11.8. The van der Waals surface area contributed by atoms with Gasteiger partial charge in [-0.2, -0.15) is 0 Å². The summed E-state index contributed by atoms with van der Waals surface area (Å²) in [5.41, 5.74) is 8.27. The summed E-state index contributed by atoms with van der Waals surface area (Å²) in [6.07, 6.45) is 3.57. The van der Waals surface area contributed by atoms with Gasteiger partial charge in [0.05, 0.1) is 5.69 Å². The molecule has 2 aromatic heterocycles. The van der Waals surface area contributed by atoms with E-state index < -0.39 is 0 Å². The number of hydrogen-bond donors (Lipinski definition) is 1. The molecular formula is C12H9ClN4. The fourth-order valence-electron chi connectivity index (χ4n) is 1.74. The molecule has 3 aromatic rings. The second kappa shape index (κ2) is 3.75. The monoisotopic (exact) mass is 244 g/mol. The van der Waals surface area contributed by atoms with Crippen LogP contribution >= 0.6 is 11.6 Å². The van der Waals surface area contributed by atoms with Crippen LogP contribution in [0.25, 0.3) is 16.9 Å². The van der Waals surface area contributed by atoms with Crippen molar-refractivity contribution in [3.8, 4) is 11.3 Å². The predicted molar refractivity (Wildman–Crippen MR) is 67.8 cm³/mol. The lowest BCUT2D eigenvalue weighted by Gasteiger charge is -1.96. The highest BCUT2D eigenvalue weighted by atomic mass is 35.5. The molecule has 0 aliphatic carbocycles. The van der Waals surface area contributed by atoms with Gasteiger partial charge in [-0.25, -0.2) is 9.97 Å². The van der Waals surface area contributed by atoms with Gasteiger partial charge in [0.1, 0.15) is 5.15 Å². The molecule has 0 saturated carbocycles. The molecule has 1 aromatic carbocycles. The Hall–Kier alpha value is -2.07. The van der Waals surface area contributed by atoms with E-state index in [1.165, 1.54) is 0 Å². The average molecular weight is 245 g/mol. The maximum absolute atomic E-state index is 5.84. The second-order valence-corrected chi connectivity index (χ2v) is 4.06. The van der Waals surface area contributed by atoms with Crippen molar-refractivity contribution >= 4 is 23.1 Å². The van der Waals surface area contributed by atoms with Gasteiger partial charge in [-0.3, -0.25) is 0 Å². The smallest absolute Gasteiger partial charge is 0.180 e. The summed E-state index contributed by atoms with van der Waals surface area (Å²) in [5.74, 6) is 0.333. The fraction of sp³-hybridized carbons (Fsp3) is 0. The Morgan fingerprint density at radius 1 is 1.06 bits per heavy atom. The van der Waals surface area contributed by atoms with Crippen LogP contribution in [0.15, 0.2) is 42.7 Å². The molecule has 0 saturated heterocycles. The Morgan fingerprint density at radius 2 is 1.82 bits per heavy atom. The van der Waals surface area contributed by atoms with Gasteiger partial charge >= 0.3 is 0 Å². The summed E-state index contributed by atoms with van der Waals surface area (Å²) in [7, 11) is 0. The molecule has 0 unspecified atom stereocenters. The van der Waals surface area contributed by atoms with Crippen molar-refractivity contribution in [2.24, 2.45) is 0 Å². The maximum atomic E-state index is 5.84. The van der Waals surface area contributed by atoms with Crippen molar-refractivity contribution in [3.63, 3.8) is 0 Å². The number of fused-ring (bicyclic) bond motifs is 1. The summed E-state index contributed by atoms with van der Waals surface area (Å²) in [6.45, 7) is 0. The van der Waals surface area contributed by atoms with E-state index in [1.807, 2.05) is 36.5 Å². The predicted octanol–water partition coefficient (Wildman–Crippen LogP) is 2.63. The van der Waals surface area contributed by atoms with E-state index in [9.17, 15) is 0 Å². The Labute approximate surface area is 103 Å². The molecule has 17 heavy (non-hydrogen) atoms. The minimum Gasteiger partial charge on any atom is -0.381 e. The first-order chi connectivity index (χ1) is 8.24. The van der Waals surface area contributed by atoms with Crippen molar-refractivity contribution in [3.05, 3.63) is 47.9 Å². The van der Waals surface area contributed by atoms with Crippen molar-refractivity contribution in [1.29, 1.82) is 0 Å². The van der Waals surface area contributed by atoms with Crippen LogP contribution in [0, 0.1) is 0 Å². The molecule has 0 radical (unpaired) electrons. The zero-order valence-electron chi connectivity index (χ0n) is 8.84. The lowest BCUT2D eigenvalue weighted by atomic mass is 10.2. The average Bonchev–Trinajstić information content (AvgIpc) is 2.74. The van der Waals surface area contributed by atoms with Crippen LogP contribution in [0.3, 0.4) is 0 Å². The number of nitrogens with zero attached hydrogens (tertiary/aromatic N) is 3. The summed E-state index contributed by atoms with van der Waals surface area (Å²) in [6, 6.07) is 9.88. The summed E-state index contributed by atoms with van der Waals surface area (Å²) in [5, 5.41) is 0.354. The third kappa shape index (κ3) is 1.72. The molecule has 4 nitrogen and oxygen atoms in total. The highest BCUT2D eigenvalue weighted by Gasteiger charge is 2.08. The SMILES string of the molecule is Nc1nc(Cl)cn2cc(-c3ccccc3)nc12. The second-order valence-electron chi connectivity index (χ2n) is 3.67. The van der Waals surface area contributed by atoms with Crippen LogP contribution in [-0.2, 0) is 0 Å². The van der Waals surface area contributed by atoms with Crippen LogP contribution in [0.2, 0.25) is 5.15 Å². The van der Waals surface area contributed by atoms with Crippen LogP contribution < -0.4 is 5.73 Å². The number of rotatable bonds is 1. The number of halogens is 1. The van der Waals surface area contributed by atoms with Gasteiger partial charge in [0.2, 0.25) is 0 Å². The molecule has 0 amide bonds. The Kier molecular flexibility index (Phi) is 2.23. The fourth-order valence-corrected chi connectivity index (χ4v) is 1.93. The first kappa shape index (κ1) is 10.1. The van der Waals surface area contributed by atoms with Gasteiger partial charge in [0.25, 0.3) is 0 Å². The Morgan fingerprint density at radius 3 is 2.59 bits per heavy atom. The van der Waals surface area contributed by atoms with Crippen molar-refractivity contribution in [2.45, 2.75) is 0 Å². The van der Waals surface area contributed by atoms with Crippen LogP contribution in [0.4, 0.5) is 5.82 Å². The van der Waals surface area contributed by atoms with Gasteiger partial charge in [-0.1, -0.05) is 41.9 Å². The minimum absolute atomic E-state index is 0.333. The van der Waals surface area contributed by atoms with Crippen molar-refractivity contribution < 1.29 is 0 Å². The van der Waals surface area contributed by atoms with E-state index in [0.717, 1.165) is 11.3 Å².